The molecular weight excluding hydrogens is 339 g/mol. The molecule has 0 aliphatic heterocycles. The second-order valence-electron chi connectivity index (χ2n) is 5.47. The minimum atomic E-state index is -0.405. The van der Waals surface area contributed by atoms with E-state index < -0.39 is 5.82 Å². The number of nitrogens with one attached hydrogen (secondary N) is 1. The van der Waals surface area contributed by atoms with Crippen molar-refractivity contribution in [3.05, 3.63) is 53.8 Å². The summed E-state index contributed by atoms with van der Waals surface area (Å²) < 4.78 is 23.3. The summed E-state index contributed by atoms with van der Waals surface area (Å²) in [5.74, 6) is 0.155. The molecule has 2 amide bonds. The molecule has 0 fully saturated rings. The zero-order valence-electron chi connectivity index (χ0n) is 14.9. The molecule has 0 saturated heterocycles. The Hall–Kier alpha value is -3.09. The number of carbonyl (C=O) groups excluding carboxylic acids is 2. The highest BCUT2D eigenvalue weighted by Gasteiger charge is 2.15. The van der Waals surface area contributed by atoms with Crippen LogP contribution in [0.2, 0.25) is 0 Å². The maximum atomic E-state index is 12.9. The Bertz CT molecular complexity index is 778. The molecule has 0 saturated carbocycles. The van der Waals surface area contributed by atoms with Gasteiger partial charge >= 0.3 is 0 Å². The van der Waals surface area contributed by atoms with Crippen LogP contribution in [0.5, 0.6) is 11.5 Å². The van der Waals surface area contributed by atoms with Crippen LogP contribution in [0.3, 0.4) is 0 Å². The van der Waals surface area contributed by atoms with Gasteiger partial charge in [-0.2, -0.15) is 0 Å². The van der Waals surface area contributed by atoms with Crippen molar-refractivity contribution in [1.29, 1.82) is 0 Å². The van der Waals surface area contributed by atoms with Gasteiger partial charge in [0.1, 0.15) is 5.82 Å². The first-order valence-corrected chi connectivity index (χ1v) is 8.00. The highest BCUT2D eigenvalue weighted by Crippen LogP contribution is 2.31. The average Bonchev–Trinajstić information content (AvgIpc) is 2.64. The standard InChI is InChI=1S/C19H21FN2O4/c1-13(23)22(16-8-9-17(25-2)18(12-16)26-3)11-10-21-19(24)14-4-6-15(20)7-5-14/h4-9,12H,10-11H2,1-3H3,(H,21,24). The van der Waals surface area contributed by atoms with Crippen LogP contribution in [-0.2, 0) is 4.79 Å². The molecule has 0 aliphatic carbocycles. The largest absolute Gasteiger partial charge is 0.493 e. The molecule has 2 rings (SSSR count). The Morgan fingerprint density at radius 1 is 1.04 bits per heavy atom. The second-order valence-corrected chi connectivity index (χ2v) is 5.47. The maximum absolute atomic E-state index is 12.9. The number of anilines is 1. The molecule has 2 aromatic carbocycles. The van der Waals surface area contributed by atoms with Crippen molar-refractivity contribution < 1.29 is 23.5 Å². The van der Waals surface area contributed by atoms with Crippen molar-refractivity contribution in [3.63, 3.8) is 0 Å². The van der Waals surface area contributed by atoms with Crippen molar-refractivity contribution >= 4 is 17.5 Å². The first-order chi connectivity index (χ1) is 12.5. The number of methoxy groups -OCH3 is 2. The first-order valence-electron chi connectivity index (χ1n) is 8.00. The van der Waals surface area contributed by atoms with E-state index in [0.717, 1.165) is 0 Å². The van der Waals surface area contributed by atoms with Crippen molar-refractivity contribution in [2.45, 2.75) is 6.92 Å². The number of benzene rings is 2. The summed E-state index contributed by atoms with van der Waals surface area (Å²) in [5, 5.41) is 2.71. The van der Waals surface area contributed by atoms with Crippen LogP contribution < -0.4 is 19.7 Å². The van der Waals surface area contributed by atoms with Crippen LogP contribution >= 0.6 is 0 Å². The van der Waals surface area contributed by atoms with Gasteiger partial charge in [-0.3, -0.25) is 9.59 Å². The number of carbonyl (C=O) groups is 2. The normalized spacial score (nSPS) is 10.2. The molecule has 0 radical (unpaired) electrons. The number of rotatable bonds is 7. The van der Waals surface area contributed by atoms with Crippen molar-refractivity contribution in [3.8, 4) is 11.5 Å². The second kappa shape index (κ2) is 8.84. The van der Waals surface area contributed by atoms with Crippen molar-refractivity contribution in [2.75, 3.05) is 32.2 Å². The van der Waals surface area contributed by atoms with Gasteiger partial charge < -0.3 is 19.7 Å². The number of ether oxygens (including phenoxy) is 2. The Kier molecular flexibility index (Phi) is 6.54. The third-order valence-electron chi connectivity index (χ3n) is 3.79. The van der Waals surface area contributed by atoms with E-state index in [9.17, 15) is 14.0 Å². The molecule has 6 nitrogen and oxygen atoms in total. The van der Waals surface area contributed by atoms with E-state index in [4.69, 9.17) is 9.47 Å². The maximum Gasteiger partial charge on any atom is 0.251 e. The molecule has 0 aliphatic rings. The molecule has 0 aromatic heterocycles. The molecule has 0 atom stereocenters. The van der Waals surface area contributed by atoms with Crippen molar-refractivity contribution in [1.82, 2.24) is 5.32 Å². The van der Waals surface area contributed by atoms with E-state index in [1.54, 1.807) is 18.2 Å². The number of hydrogen-bond donors (Lipinski definition) is 1. The molecule has 0 spiro atoms. The summed E-state index contributed by atoms with van der Waals surface area (Å²) in [6.07, 6.45) is 0. The SMILES string of the molecule is COc1ccc(N(CCNC(=O)c2ccc(F)cc2)C(C)=O)cc1OC. The predicted molar refractivity (Wildman–Crippen MR) is 96.3 cm³/mol. The fourth-order valence-electron chi connectivity index (χ4n) is 2.45. The lowest BCUT2D eigenvalue weighted by molar-refractivity contribution is -0.116. The summed E-state index contributed by atoms with van der Waals surface area (Å²) in [6, 6.07) is 10.4. The van der Waals surface area contributed by atoms with Gasteiger partial charge in [-0.25, -0.2) is 4.39 Å². The zero-order valence-corrected chi connectivity index (χ0v) is 14.9. The van der Waals surface area contributed by atoms with E-state index in [2.05, 4.69) is 5.32 Å². The lowest BCUT2D eigenvalue weighted by Gasteiger charge is -2.22. The minimum absolute atomic E-state index is 0.173. The van der Waals surface area contributed by atoms with Crippen LogP contribution in [-0.4, -0.2) is 39.1 Å². The zero-order chi connectivity index (χ0) is 19.1. The topological polar surface area (TPSA) is 67.9 Å². The Morgan fingerprint density at radius 2 is 1.69 bits per heavy atom. The van der Waals surface area contributed by atoms with Crippen LogP contribution in [0.1, 0.15) is 17.3 Å². The molecule has 26 heavy (non-hydrogen) atoms. The number of halogens is 1. The Balaban J connectivity index is 2.03. The van der Waals surface area contributed by atoms with E-state index in [1.165, 1.54) is 50.3 Å². The third-order valence-corrected chi connectivity index (χ3v) is 3.79. The van der Waals surface area contributed by atoms with Gasteiger partial charge in [0.05, 0.1) is 14.2 Å². The molecule has 138 valence electrons. The molecular formula is C19H21FN2O4. The van der Waals surface area contributed by atoms with Crippen molar-refractivity contribution in [2.24, 2.45) is 0 Å². The smallest absolute Gasteiger partial charge is 0.251 e. The Morgan fingerprint density at radius 3 is 2.27 bits per heavy atom. The minimum Gasteiger partial charge on any atom is -0.493 e. The summed E-state index contributed by atoms with van der Waals surface area (Å²) in [5.41, 5.74) is 0.984. The number of amides is 2. The van der Waals surface area contributed by atoms with Crippen LogP contribution in [0, 0.1) is 5.82 Å². The molecule has 0 unspecified atom stereocenters. The Labute approximate surface area is 151 Å². The fourth-order valence-corrected chi connectivity index (χ4v) is 2.45. The summed E-state index contributed by atoms with van der Waals surface area (Å²) in [6.45, 7) is 1.96. The van der Waals surface area contributed by atoms with E-state index >= 15 is 0 Å². The van der Waals surface area contributed by atoms with Gasteiger partial charge in [0.25, 0.3) is 5.91 Å². The van der Waals surface area contributed by atoms with E-state index in [1.807, 2.05) is 0 Å². The van der Waals surface area contributed by atoms with Gasteiger partial charge in [-0.05, 0) is 36.4 Å². The highest BCUT2D eigenvalue weighted by molar-refractivity contribution is 5.94. The first kappa shape index (κ1) is 19.2. The van der Waals surface area contributed by atoms with Gasteiger partial charge in [0.15, 0.2) is 11.5 Å². The van der Waals surface area contributed by atoms with Gasteiger partial charge in [0.2, 0.25) is 5.91 Å². The summed E-state index contributed by atoms with van der Waals surface area (Å²) >= 11 is 0. The van der Waals surface area contributed by atoms with Crippen LogP contribution in [0.25, 0.3) is 0 Å². The van der Waals surface area contributed by atoms with Crippen LogP contribution in [0.15, 0.2) is 42.5 Å². The van der Waals surface area contributed by atoms with E-state index in [0.29, 0.717) is 22.7 Å². The molecule has 0 bridgehead atoms. The predicted octanol–water partition coefficient (Wildman–Crippen LogP) is 2.63. The average molecular weight is 360 g/mol. The quantitative estimate of drug-likeness (QED) is 0.824. The van der Waals surface area contributed by atoms with E-state index in [-0.39, 0.29) is 24.9 Å². The monoisotopic (exact) mass is 360 g/mol. The molecule has 1 N–H and O–H groups in total. The fraction of sp³-hybridized carbons (Fsp3) is 0.263. The lowest BCUT2D eigenvalue weighted by atomic mass is 10.2. The molecule has 7 heteroatoms. The number of nitrogens with zero attached hydrogens (tertiary/aromatic N) is 1. The van der Waals surface area contributed by atoms with Gasteiger partial charge in [0, 0.05) is 37.3 Å². The third kappa shape index (κ3) is 4.72. The molecule has 2 aromatic rings. The molecule has 0 heterocycles. The van der Waals surface area contributed by atoms with Gasteiger partial charge in [-0.15, -0.1) is 0 Å². The lowest BCUT2D eigenvalue weighted by Crippen LogP contribution is -2.37. The summed E-state index contributed by atoms with van der Waals surface area (Å²) in [7, 11) is 3.05. The van der Waals surface area contributed by atoms with Gasteiger partial charge in [-0.1, -0.05) is 0 Å². The highest BCUT2D eigenvalue weighted by atomic mass is 19.1. The number of hydrogen-bond acceptors (Lipinski definition) is 4. The van der Waals surface area contributed by atoms with Crippen LogP contribution in [0.4, 0.5) is 10.1 Å². The summed E-state index contributed by atoms with van der Waals surface area (Å²) in [4.78, 5) is 25.6.